The molecule has 0 aliphatic carbocycles. The van der Waals surface area contributed by atoms with E-state index in [1.807, 2.05) is 10.9 Å². The summed E-state index contributed by atoms with van der Waals surface area (Å²) in [4.78, 5) is 25.1. The Morgan fingerprint density at radius 3 is 2.31 bits per heavy atom. The number of nitrogens with one attached hydrogen (secondary N) is 2. The molecule has 0 unspecified atom stereocenters. The molecule has 0 atom stereocenters. The standard InChI is InChI=1S/C17H15N3O5S/c1-10-13-4-2-3-5-14(13)25-15(10)17(22)19-20-26(23,24)12-8-6-11(7-9-12)16(18)21/h2-9,20H,1H3,(H2,18,21)(H,19,22). The van der Waals surface area contributed by atoms with E-state index < -0.39 is 21.8 Å². The number of rotatable bonds is 5. The summed E-state index contributed by atoms with van der Waals surface area (Å²) >= 11 is 0. The number of carbonyl (C=O) groups is 2. The topological polar surface area (TPSA) is 132 Å². The largest absolute Gasteiger partial charge is 0.451 e. The highest BCUT2D eigenvalue weighted by molar-refractivity contribution is 7.89. The zero-order valence-corrected chi connectivity index (χ0v) is 14.5. The molecule has 0 aliphatic heterocycles. The number of fused-ring (bicyclic) bond motifs is 1. The molecule has 134 valence electrons. The predicted molar refractivity (Wildman–Crippen MR) is 93.7 cm³/mol. The fraction of sp³-hybridized carbons (Fsp3) is 0.0588. The van der Waals surface area contributed by atoms with E-state index in [2.05, 4.69) is 5.43 Å². The molecule has 0 aliphatic rings. The van der Waals surface area contributed by atoms with Gasteiger partial charge in [-0.3, -0.25) is 15.0 Å². The molecule has 26 heavy (non-hydrogen) atoms. The van der Waals surface area contributed by atoms with Crippen molar-refractivity contribution in [2.45, 2.75) is 11.8 Å². The molecule has 3 aromatic rings. The monoisotopic (exact) mass is 373 g/mol. The van der Waals surface area contributed by atoms with E-state index in [1.54, 1.807) is 25.1 Å². The number of para-hydroxylation sites is 1. The normalized spacial score (nSPS) is 11.4. The zero-order valence-electron chi connectivity index (χ0n) is 13.6. The van der Waals surface area contributed by atoms with Crippen molar-refractivity contribution in [3.8, 4) is 0 Å². The van der Waals surface area contributed by atoms with Crippen LogP contribution in [0.25, 0.3) is 11.0 Å². The quantitative estimate of drug-likeness (QED) is 0.583. The smallest absolute Gasteiger partial charge is 0.302 e. The van der Waals surface area contributed by atoms with E-state index in [0.717, 1.165) is 5.39 Å². The molecule has 0 spiro atoms. The van der Waals surface area contributed by atoms with E-state index >= 15 is 0 Å². The van der Waals surface area contributed by atoms with Gasteiger partial charge in [-0.25, -0.2) is 8.42 Å². The van der Waals surface area contributed by atoms with Gasteiger partial charge in [-0.1, -0.05) is 18.2 Å². The molecule has 1 aromatic heterocycles. The minimum atomic E-state index is -4.02. The maximum atomic E-state index is 12.3. The average molecular weight is 373 g/mol. The summed E-state index contributed by atoms with van der Waals surface area (Å²) in [5.74, 6) is -1.38. The van der Waals surface area contributed by atoms with Gasteiger partial charge in [0.05, 0.1) is 4.90 Å². The van der Waals surface area contributed by atoms with E-state index in [0.29, 0.717) is 11.1 Å². The van der Waals surface area contributed by atoms with Gasteiger partial charge in [0.2, 0.25) is 5.91 Å². The average Bonchev–Trinajstić information content (AvgIpc) is 2.97. The second kappa shape index (κ2) is 6.62. The van der Waals surface area contributed by atoms with Gasteiger partial charge in [0.15, 0.2) is 5.76 Å². The lowest BCUT2D eigenvalue weighted by atomic mass is 10.1. The molecule has 0 radical (unpaired) electrons. The van der Waals surface area contributed by atoms with Gasteiger partial charge in [0.25, 0.3) is 10.0 Å². The molecule has 0 saturated carbocycles. The first-order valence-electron chi connectivity index (χ1n) is 7.50. The van der Waals surface area contributed by atoms with Gasteiger partial charge in [-0.15, -0.1) is 4.83 Å². The number of hydrogen-bond acceptors (Lipinski definition) is 5. The van der Waals surface area contributed by atoms with Gasteiger partial charge in [-0.05, 0) is 37.3 Å². The lowest BCUT2D eigenvalue weighted by molar-refractivity contribution is 0.0918. The fourth-order valence-corrected chi connectivity index (χ4v) is 3.26. The Morgan fingerprint density at radius 1 is 1.04 bits per heavy atom. The molecular formula is C17H15N3O5S. The van der Waals surface area contributed by atoms with E-state index in [-0.39, 0.29) is 16.2 Å². The van der Waals surface area contributed by atoms with E-state index in [9.17, 15) is 18.0 Å². The van der Waals surface area contributed by atoms with Gasteiger partial charge >= 0.3 is 5.91 Å². The molecule has 4 N–H and O–H groups in total. The van der Waals surface area contributed by atoms with Crippen molar-refractivity contribution in [3.63, 3.8) is 0 Å². The molecule has 0 saturated heterocycles. The number of sulfonamides is 1. The van der Waals surface area contributed by atoms with Crippen LogP contribution in [0.15, 0.2) is 57.8 Å². The van der Waals surface area contributed by atoms with Crippen LogP contribution in [0.2, 0.25) is 0 Å². The summed E-state index contributed by atoms with van der Waals surface area (Å²) in [5, 5.41) is 0.766. The third-order valence-corrected chi connectivity index (χ3v) is 5.06. The van der Waals surface area contributed by atoms with Crippen molar-refractivity contribution in [2.75, 3.05) is 0 Å². The summed E-state index contributed by atoms with van der Waals surface area (Å²) in [5.41, 5.74) is 8.52. The molecule has 0 fully saturated rings. The maximum Gasteiger partial charge on any atom is 0.302 e. The van der Waals surface area contributed by atoms with Gasteiger partial charge in [-0.2, -0.15) is 0 Å². The lowest BCUT2D eigenvalue weighted by Gasteiger charge is -2.08. The van der Waals surface area contributed by atoms with Crippen LogP contribution in [0.5, 0.6) is 0 Å². The lowest BCUT2D eigenvalue weighted by Crippen LogP contribution is -2.41. The third-order valence-electron chi connectivity index (χ3n) is 3.80. The van der Waals surface area contributed by atoms with Crippen LogP contribution in [0.1, 0.15) is 26.5 Å². The van der Waals surface area contributed by atoms with Crippen LogP contribution in [0.4, 0.5) is 0 Å². The van der Waals surface area contributed by atoms with Crippen molar-refractivity contribution in [2.24, 2.45) is 5.73 Å². The number of amides is 2. The molecule has 9 heteroatoms. The molecule has 1 heterocycles. The molecule has 3 rings (SSSR count). The molecule has 8 nitrogen and oxygen atoms in total. The fourth-order valence-electron chi connectivity index (χ4n) is 2.42. The van der Waals surface area contributed by atoms with Crippen molar-refractivity contribution in [1.82, 2.24) is 10.3 Å². The zero-order chi connectivity index (χ0) is 18.9. The predicted octanol–water partition coefficient (Wildman–Crippen LogP) is 1.46. The van der Waals surface area contributed by atoms with Crippen LogP contribution in [0, 0.1) is 6.92 Å². The van der Waals surface area contributed by atoms with Gasteiger partial charge in [0.1, 0.15) is 5.58 Å². The Hall–Kier alpha value is -3.17. The van der Waals surface area contributed by atoms with Gasteiger partial charge in [0, 0.05) is 16.5 Å². The van der Waals surface area contributed by atoms with E-state index in [4.69, 9.17) is 10.2 Å². The summed E-state index contributed by atoms with van der Waals surface area (Å²) in [6, 6.07) is 12.1. The number of primary amides is 1. The Balaban J connectivity index is 1.77. The third kappa shape index (κ3) is 3.30. The first-order chi connectivity index (χ1) is 12.3. The number of hydrogen-bond donors (Lipinski definition) is 3. The molecule has 2 amide bonds. The van der Waals surface area contributed by atoms with Crippen LogP contribution < -0.4 is 16.0 Å². The number of hydrazine groups is 1. The summed E-state index contributed by atoms with van der Waals surface area (Å²) in [7, 11) is -4.02. The van der Waals surface area contributed by atoms with Crippen molar-refractivity contribution in [1.29, 1.82) is 0 Å². The Bertz CT molecular complexity index is 1100. The Morgan fingerprint density at radius 2 is 1.69 bits per heavy atom. The van der Waals surface area contributed by atoms with Gasteiger partial charge < -0.3 is 10.2 Å². The van der Waals surface area contributed by atoms with Crippen LogP contribution >= 0.6 is 0 Å². The minimum Gasteiger partial charge on any atom is -0.451 e. The molecule has 2 aromatic carbocycles. The number of furan rings is 1. The minimum absolute atomic E-state index is 0.0120. The highest BCUT2D eigenvalue weighted by Gasteiger charge is 2.20. The van der Waals surface area contributed by atoms with Crippen LogP contribution in [-0.4, -0.2) is 20.2 Å². The summed E-state index contributed by atoms with van der Waals surface area (Å²) in [6.07, 6.45) is 0. The SMILES string of the molecule is Cc1c(C(=O)NNS(=O)(=O)c2ccc(C(N)=O)cc2)oc2ccccc12. The molecular weight excluding hydrogens is 358 g/mol. The maximum absolute atomic E-state index is 12.3. The highest BCUT2D eigenvalue weighted by atomic mass is 32.2. The number of carbonyl (C=O) groups excluding carboxylic acids is 2. The number of nitrogens with two attached hydrogens (primary N) is 1. The second-order valence-electron chi connectivity index (χ2n) is 5.50. The Labute approximate surface area is 149 Å². The number of aryl methyl sites for hydroxylation is 1. The molecule has 0 bridgehead atoms. The summed E-state index contributed by atoms with van der Waals surface area (Å²) in [6.45, 7) is 1.71. The highest BCUT2D eigenvalue weighted by Crippen LogP contribution is 2.24. The second-order valence-corrected chi connectivity index (χ2v) is 7.18. The van der Waals surface area contributed by atoms with Crippen molar-refractivity contribution >= 4 is 32.8 Å². The van der Waals surface area contributed by atoms with Crippen molar-refractivity contribution in [3.05, 3.63) is 65.4 Å². The van der Waals surface area contributed by atoms with Crippen LogP contribution in [0.3, 0.4) is 0 Å². The first kappa shape index (κ1) is 17.6. The Kier molecular flexibility index (Phi) is 4.49. The van der Waals surface area contributed by atoms with Crippen molar-refractivity contribution < 1.29 is 22.4 Å². The first-order valence-corrected chi connectivity index (χ1v) is 8.98. The summed E-state index contributed by atoms with van der Waals surface area (Å²) < 4.78 is 29.9. The van der Waals surface area contributed by atoms with E-state index in [1.165, 1.54) is 24.3 Å². The van der Waals surface area contributed by atoms with Crippen LogP contribution in [-0.2, 0) is 10.0 Å². The number of benzene rings is 2.